The molecule has 200 valence electrons. The molecular formula is C27H28N2O9. The van der Waals surface area contributed by atoms with Gasteiger partial charge in [-0.05, 0) is 48.7 Å². The van der Waals surface area contributed by atoms with Crippen LogP contribution in [-0.4, -0.2) is 54.1 Å². The summed E-state index contributed by atoms with van der Waals surface area (Å²) in [5.74, 6) is -1.56. The quantitative estimate of drug-likeness (QED) is 0.293. The van der Waals surface area contributed by atoms with E-state index in [1.54, 1.807) is 43.3 Å². The summed E-state index contributed by atoms with van der Waals surface area (Å²) in [5, 5.41) is 23.3. The number of aromatic hydroxyl groups is 2. The molecule has 0 saturated carbocycles. The molecule has 4 rings (SSSR count). The largest absolute Gasteiger partial charge is 0.508 e. The molecule has 2 heterocycles. The molecular weight excluding hydrogens is 496 g/mol. The Morgan fingerprint density at radius 3 is 2.63 bits per heavy atom. The number of carbonyl (C=O) groups is 2. The number of aromatic nitrogens is 1. The van der Waals surface area contributed by atoms with E-state index in [0.717, 1.165) is 11.8 Å². The van der Waals surface area contributed by atoms with Gasteiger partial charge in [-0.2, -0.15) is 0 Å². The van der Waals surface area contributed by atoms with Crippen LogP contribution in [0.15, 0.2) is 47.4 Å². The third-order valence-electron chi connectivity index (χ3n) is 6.09. The Hall–Kier alpha value is -4.67. The number of ether oxygens (including phenoxy) is 4. The lowest BCUT2D eigenvalue weighted by molar-refractivity contribution is -0.121. The highest BCUT2D eigenvalue weighted by atomic mass is 16.7. The Kier molecular flexibility index (Phi) is 8.05. The molecule has 1 atom stereocenters. The lowest BCUT2D eigenvalue weighted by atomic mass is 9.87. The highest BCUT2D eigenvalue weighted by molar-refractivity contribution is 5.92. The predicted octanol–water partition coefficient (Wildman–Crippen LogP) is 2.58. The molecule has 3 aromatic rings. The van der Waals surface area contributed by atoms with Crippen molar-refractivity contribution in [2.75, 3.05) is 27.1 Å². The maximum Gasteiger partial charge on any atom is 0.343 e. The van der Waals surface area contributed by atoms with Crippen LogP contribution >= 0.6 is 0 Å². The van der Waals surface area contributed by atoms with Crippen LogP contribution in [-0.2, 0) is 16.0 Å². The zero-order chi connectivity index (χ0) is 27.2. The van der Waals surface area contributed by atoms with Gasteiger partial charge in [0, 0.05) is 25.1 Å². The summed E-state index contributed by atoms with van der Waals surface area (Å²) in [4.78, 5) is 40.9. The predicted molar refractivity (Wildman–Crippen MR) is 135 cm³/mol. The first-order valence-corrected chi connectivity index (χ1v) is 12.0. The lowest BCUT2D eigenvalue weighted by Crippen LogP contribution is -2.29. The second kappa shape index (κ2) is 11.6. The Balaban J connectivity index is 1.67. The third-order valence-corrected chi connectivity index (χ3v) is 6.09. The van der Waals surface area contributed by atoms with Crippen LogP contribution in [0, 0.1) is 0 Å². The van der Waals surface area contributed by atoms with Crippen molar-refractivity contribution in [1.29, 1.82) is 0 Å². The number of esters is 1. The molecule has 0 fully saturated rings. The molecule has 2 aromatic carbocycles. The number of carbonyl (C=O) groups excluding carboxylic acids is 2. The van der Waals surface area contributed by atoms with Gasteiger partial charge < -0.3 is 39.5 Å². The van der Waals surface area contributed by atoms with E-state index in [2.05, 4.69) is 10.3 Å². The smallest absolute Gasteiger partial charge is 0.343 e. The minimum atomic E-state index is -0.981. The van der Waals surface area contributed by atoms with E-state index in [4.69, 9.17) is 18.9 Å². The van der Waals surface area contributed by atoms with Crippen molar-refractivity contribution in [2.24, 2.45) is 0 Å². The average Bonchev–Trinajstić information content (AvgIpc) is 3.38. The Labute approximate surface area is 217 Å². The summed E-state index contributed by atoms with van der Waals surface area (Å²) < 4.78 is 21.4. The molecule has 0 unspecified atom stereocenters. The minimum Gasteiger partial charge on any atom is -0.508 e. The third kappa shape index (κ3) is 5.66. The van der Waals surface area contributed by atoms with Gasteiger partial charge in [-0.25, -0.2) is 4.79 Å². The van der Waals surface area contributed by atoms with Gasteiger partial charge in [-0.1, -0.05) is 12.1 Å². The number of phenolic OH excluding ortho intramolecular Hbond substituents is 1. The fourth-order valence-electron chi connectivity index (χ4n) is 4.23. The number of benzene rings is 2. The van der Waals surface area contributed by atoms with Gasteiger partial charge in [0.2, 0.25) is 18.4 Å². The van der Waals surface area contributed by atoms with Crippen molar-refractivity contribution in [3.63, 3.8) is 0 Å². The molecule has 4 N–H and O–H groups in total. The van der Waals surface area contributed by atoms with E-state index in [-0.39, 0.29) is 36.7 Å². The lowest BCUT2D eigenvalue weighted by Gasteiger charge is -2.20. The second-order valence-corrected chi connectivity index (χ2v) is 8.49. The van der Waals surface area contributed by atoms with E-state index < -0.39 is 29.1 Å². The minimum absolute atomic E-state index is 0.0261. The monoisotopic (exact) mass is 524 g/mol. The number of amides is 1. The number of H-pyrrole nitrogens is 1. The van der Waals surface area contributed by atoms with Crippen LogP contribution in [0.1, 0.15) is 46.3 Å². The standard InChI is InChI=1S/C27H28N2O9/c1-3-36-27(34)19-13-29-26(33)23(24(19)32)18(16-10-20(35-2)25-21(11-16)37-14-38-25)12-22(31)28-9-8-15-4-6-17(30)7-5-15/h4-7,10-11,13,18,30H,3,8-9,12,14H2,1-2H3,(H,28,31)(H2,29,32,33)/t18-/m0/s1. The molecule has 0 aliphatic carbocycles. The van der Waals surface area contributed by atoms with Gasteiger partial charge in [0.25, 0.3) is 5.56 Å². The van der Waals surface area contributed by atoms with Gasteiger partial charge in [-0.15, -0.1) is 0 Å². The molecule has 0 saturated heterocycles. The summed E-state index contributed by atoms with van der Waals surface area (Å²) in [6.07, 6.45) is 1.36. The normalized spacial score (nSPS) is 12.6. The van der Waals surface area contributed by atoms with Crippen molar-refractivity contribution in [3.8, 4) is 28.7 Å². The summed E-state index contributed by atoms with van der Waals surface area (Å²) in [7, 11) is 1.44. The number of hydrogen-bond acceptors (Lipinski definition) is 9. The highest BCUT2D eigenvalue weighted by Gasteiger charge is 2.31. The van der Waals surface area contributed by atoms with Gasteiger partial charge in [0.1, 0.15) is 17.1 Å². The highest BCUT2D eigenvalue weighted by Crippen LogP contribution is 2.45. The van der Waals surface area contributed by atoms with E-state index in [0.29, 0.717) is 35.8 Å². The Morgan fingerprint density at radius 2 is 1.92 bits per heavy atom. The van der Waals surface area contributed by atoms with E-state index in [1.165, 1.54) is 7.11 Å². The summed E-state index contributed by atoms with van der Waals surface area (Å²) >= 11 is 0. The Morgan fingerprint density at radius 1 is 1.16 bits per heavy atom. The first kappa shape index (κ1) is 26.4. The maximum atomic E-state index is 13.1. The van der Waals surface area contributed by atoms with Gasteiger partial charge in [0.15, 0.2) is 11.5 Å². The SMILES string of the molecule is CCOC(=O)c1c[nH]c(=O)c([C@@H](CC(=O)NCCc2ccc(O)cc2)c2cc(OC)c3c(c2)OCO3)c1O. The second-order valence-electron chi connectivity index (χ2n) is 8.49. The van der Waals surface area contributed by atoms with Crippen LogP contribution in [0.2, 0.25) is 0 Å². The Bertz CT molecular complexity index is 1380. The number of phenols is 1. The number of aromatic amines is 1. The maximum absolute atomic E-state index is 13.1. The first-order valence-electron chi connectivity index (χ1n) is 12.0. The molecule has 0 radical (unpaired) electrons. The summed E-state index contributed by atoms with van der Waals surface area (Å²) in [6, 6.07) is 9.83. The van der Waals surface area contributed by atoms with E-state index in [9.17, 15) is 24.6 Å². The molecule has 1 aliphatic heterocycles. The van der Waals surface area contributed by atoms with Crippen molar-refractivity contribution < 1.29 is 38.7 Å². The van der Waals surface area contributed by atoms with Crippen LogP contribution < -0.4 is 25.1 Å². The van der Waals surface area contributed by atoms with Crippen LogP contribution in [0.5, 0.6) is 28.7 Å². The fourth-order valence-corrected chi connectivity index (χ4v) is 4.23. The number of nitrogens with one attached hydrogen (secondary N) is 2. The zero-order valence-corrected chi connectivity index (χ0v) is 20.9. The van der Waals surface area contributed by atoms with Crippen molar-refractivity contribution in [3.05, 3.63) is 75.2 Å². The van der Waals surface area contributed by atoms with Gasteiger partial charge >= 0.3 is 5.97 Å². The number of fused-ring (bicyclic) bond motifs is 1. The average molecular weight is 525 g/mol. The number of rotatable bonds is 10. The van der Waals surface area contributed by atoms with Crippen molar-refractivity contribution in [1.82, 2.24) is 10.3 Å². The molecule has 0 spiro atoms. The summed E-state index contributed by atoms with van der Waals surface area (Å²) in [5.41, 5.74) is 0.268. The van der Waals surface area contributed by atoms with E-state index >= 15 is 0 Å². The molecule has 1 aromatic heterocycles. The van der Waals surface area contributed by atoms with Crippen LogP contribution in [0.4, 0.5) is 0 Å². The van der Waals surface area contributed by atoms with Gasteiger partial charge in [0.05, 0.1) is 19.3 Å². The number of hydrogen-bond donors (Lipinski definition) is 4. The molecule has 11 nitrogen and oxygen atoms in total. The molecule has 1 aliphatic rings. The number of pyridine rings is 1. The number of methoxy groups -OCH3 is 1. The topological polar surface area (TPSA) is 156 Å². The van der Waals surface area contributed by atoms with Crippen LogP contribution in [0.25, 0.3) is 0 Å². The molecule has 1 amide bonds. The first-order chi connectivity index (χ1) is 18.3. The molecule has 11 heteroatoms. The molecule has 0 bridgehead atoms. The zero-order valence-electron chi connectivity index (χ0n) is 20.9. The van der Waals surface area contributed by atoms with Gasteiger partial charge in [-0.3, -0.25) is 9.59 Å². The van der Waals surface area contributed by atoms with Crippen molar-refractivity contribution >= 4 is 11.9 Å². The van der Waals surface area contributed by atoms with E-state index in [1.807, 2.05) is 0 Å². The van der Waals surface area contributed by atoms with Crippen molar-refractivity contribution in [2.45, 2.75) is 25.7 Å². The van der Waals surface area contributed by atoms with Crippen LogP contribution in [0.3, 0.4) is 0 Å². The summed E-state index contributed by atoms with van der Waals surface area (Å²) in [6.45, 7) is 1.96. The molecule has 38 heavy (non-hydrogen) atoms. The fraction of sp³-hybridized carbons (Fsp3) is 0.296.